The van der Waals surface area contributed by atoms with Crippen molar-refractivity contribution in [3.05, 3.63) is 6.33 Å². The third-order valence-corrected chi connectivity index (χ3v) is 2.56. The molecule has 1 amide bonds. The van der Waals surface area contributed by atoms with Gasteiger partial charge in [0.2, 0.25) is 11.9 Å². The van der Waals surface area contributed by atoms with Crippen molar-refractivity contribution in [1.82, 2.24) is 14.8 Å². The van der Waals surface area contributed by atoms with Gasteiger partial charge in [-0.1, -0.05) is 0 Å². The van der Waals surface area contributed by atoms with Crippen LogP contribution in [0.1, 0.15) is 6.42 Å². The Hall–Kier alpha value is -1.08. The molecule has 0 bridgehead atoms. The number of anilines is 1. The van der Waals surface area contributed by atoms with Crippen molar-refractivity contribution in [2.75, 3.05) is 17.3 Å². The largest absolute Gasteiger partial charge is 0.320 e. The first kappa shape index (κ1) is 12.0. The molecular formula is C8H15N5OS. The number of nitrogens with two attached hydrogens (primary N) is 1. The van der Waals surface area contributed by atoms with E-state index in [-0.39, 0.29) is 5.91 Å². The maximum Gasteiger partial charge on any atom is 0.243 e. The zero-order chi connectivity index (χ0) is 11.3. The van der Waals surface area contributed by atoms with Crippen LogP contribution in [0.2, 0.25) is 0 Å². The molecule has 0 unspecified atom stereocenters. The Bertz CT molecular complexity index is 327. The van der Waals surface area contributed by atoms with Crippen LogP contribution in [-0.2, 0) is 11.8 Å². The number of hydrogen-bond donors (Lipinski definition) is 2. The van der Waals surface area contributed by atoms with Gasteiger partial charge in [-0.15, -0.1) is 0 Å². The highest BCUT2D eigenvalue weighted by Gasteiger charge is 2.14. The van der Waals surface area contributed by atoms with E-state index >= 15 is 0 Å². The minimum atomic E-state index is -0.492. The van der Waals surface area contributed by atoms with Gasteiger partial charge < -0.3 is 5.73 Å². The summed E-state index contributed by atoms with van der Waals surface area (Å²) in [6.07, 6.45) is 4.02. The Morgan fingerprint density at radius 2 is 2.53 bits per heavy atom. The smallest absolute Gasteiger partial charge is 0.243 e. The van der Waals surface area contributed by atoms with E-state index in [4.69, 9.17) is 5.73 Å². The number of aromatic nitrogens is 3. The fraction of sp³-hybridized carbons (Fsp3) is 0.625. The minimum absolute atomic E-state index is 0.222. The number of hydrogen-bond acceptors (Lipinski definition) is 5. The molecule has 3 N–H and O–H groups in total. The summed E-state index contributed by atoms with van der Waals surface area (Å²) in [6.45, 7) is 0. The molecular weight excluding hydrogens is 214 g/mol. The summed E-state index contributed by atoms with van der Waals surface area (Å²) in [5, 5.41) is 6.45. The van der Waals surface area contributed by atoms with Crippen molar-refractivity contribution < 1.29 is 4.79 Å². The standard InChI is InChI=1S/C8H15N5OS/c1-13-8(10-5-11-13)12-7(14)6(9)3-4-15-2/h5-6H,3-4,9H2,1-2H3,(H,10,11,12,14)/t6-/m0/s1. The highest BCUT2D eigenvalue weighted by atomic mass is 32.2. The monoisotopic (exact) mass is 229 g/mol. The van der Waals surface area contributed by atoms with Crippen LogP contribution < -0.4 is 11.1 Å². The van der Waals surface area contributed by atoms with Crippen LogP contribution in [0.4, 0.5) is 5.95 Å². The summed E-state index contributed by atoms with van der Waals surface area (Å²) in [5.41, 5.74) is 5.69. The van der Waals surface area contributed by atoms with Crippen molar-refractivity contribution in [3.8, 4) is 0 Å². The number of aryl methyl sites for hydroxylation is 1. The van der Waals surface area contributed by atoms with Gasteiger partial charge in [0, 0.05) is 7.05 Å². The van der Waals surface area contributed by atoms with Gasteiger partial charge in [0.25, 0.3) is 0 Å². The third kappa shape index (κ3) is 3.52. The van der Waals surface area contributed by atoms with E-state index in [0.717, 1.165) is 5.75 Å². The van der Waals surface area contributed by atoms with E-state index in [1.807, 2.05) is 6.26 Å². The molecule has 1 aromatic rings. The van der Waals surface area contributed by atoms with Crippen LogP contribution in [0.25, 0.3) is 0 Å². The second-order valence-electron chi connectivity index (χ2n) is 3.08. The number of rotatable bonds is 5. The lowest BCUT2D eigenvalue weighted by Crippen LogP contribution is -2.36. The Kier molecular flexibility index (Phi) is 4.57. The second-order valence-corrected chi connectivity index (χ2v) is 4.07. The number of nitrogens with zero attached hydrogens (tertiary/aromatic N) is 3. The molecule has 0 spiro atoms. The van der Waals surface area contributed by atoms with Gasteiger partial charge in [-0.2, -0.15) is 21.8 Å². The summed E-state index contributed by atoms with van der Waals surface area (Å²) in [4.78, 5) is 15.4. The maximum absolute atomic E-state index is 11.5. The number of carbonyl (C=O) groups excluding carboxylic acids is 1. The second kappa shape index (κ2) is 5.72. The summed E-state index contributed by atoms with van der Waals surface area (Å²) in [5.74, 6) is 1.06. The lowest BCUT2D eigenvalue weighted by molar-refractivity contribution is -0.117. The van der Waals surface area contributed by atoms with E-state index in [1.165, 1.54) is 11.0 Å². The van der Waals surface area contributed by atoms with Gasteiger partial charge in [0.1, 0.15) is 6.33 Å². The Labute approximate surface area is 92.6 Å². The van der Waals surface area contributed by atoms with E-state index in [0.29, 0.717) is 12.4 Å². The van der Waals surface area contributed by atoms with Gasteiger partial charge >= 0.3 is 0 Å². The molecule has 84 valence electrons. The zero-order valence-electron chi connectivity index (χ0n) is 8.80. The van der Waals surface area contributed by atoms with Crippen LogP contribution in [0.3, 0.4) is 0 Å². The minimum Gasteiger partial charge on any atom is -0.320 e. The molecule has 0 fully saturated rings. The molecule has 15 heavy (non-hydrogen) atoms. The van der Waals surface area contributed by atoms with Gasteiger partial charge in [-0.05, 0) is 18.4 Å². The van der Waals surface area contributed by atoms with Crippen molar-refractivity contribution in [2.24, 2.45) is 12.8 Å². The number of carbonyl (C=O) groups is 1. The van der Waals surface area contributed by atoms with E-state index in [9.17, 15) is 4.79 Å². The highest BCUT2D eigenvalue weighted by Crippen LogP contribution is 2.02. The average molecular weight is 229 g/mol. The molecule has 6 nitrogen and oxygen atoms in total. The molecule has 1 heterocycles. The Morgan fingerprint density at radius 3 is 3.07 bits per heavy atom. The number of amides is 1. The SMILES string of the molecule is CSCC[C@H](N)C(=O)Nc1ncnn1C. The topological polar surface area (TPSA) is 85.8 Å². The quantitative estimate of drug-likeness (QED) is 0.732. The molecule has 7 heteroatoms. The first-order valence-corrected chi connectivity index (χ1v) is 5.94. The van der Waals surface area contributed by atoms with E-state index < -0.39 is 6.04 Å². The van der Waals surface area contributed by atoms with Gasteiger partial charge in [0.05, 0.1) is 6.04 Å². The zero-order valence-corrected chi connectivity index (χ0v) is 9.62. The van der Waals surface area contributed by atoms with E-state index in [2.05, 4.69) is 15.4 Å². The van der Waals surface area contributed by atoms with Gasteiger partial charge in [-0.3, -0.25) is 10.1 Å². The Balaban J connectivity index is 2.45. The molecule has 0 aliphatic heterocycles. The van der Waals surface area contributed by atoms with Crippen molar-refractivity contribution in [1.29, 1.82) is 0 Å². The average Bonchev–Trinajstić information content (AvgIpc) is 2.61. The molecule has 0 saturated heterocycles. The molecule has 1 atom stereocenters. The predicted octanol–water partition coefficient (Wildman–Crippen LogP) is -0.166. The van der Waals surface area contributed by atoms with Crippen LogP contribution in [0, 0.1) is 0 Å². The maximum atomic E-state index is 11.5. The molecule has 1 rings (SSSR count). The first-order valence-electron chi connectivity index (χ1n) is 4.54. The molecule has 0 radical (unpaired) electrons. The number of nitrogens with one attached hydrogen (secondary N) is 1. The molecule has 0 aliphatic rings. The number of thioether (sulfide) groups is 1. The van der Waals surface area contributed by atoms with Crippen molar-refractivity contribution in [2.45, 2.75) is 12.5 Å². The van der Waals surface area contributed by atoms with E-state index in [1.54, 1.807) is 18.8 Å². The third-order valence-electron chi connectivity index (χ3n) is 1.92. The summed E-state index contributed by atoms with van der Waals surface area (Å²) < 4.78 is 1.49. The molecule has 1 aromatic heterocycles. The lowest BCUT2D eigenvalue weighted by atomic mass is 10.2. The van der Waals surface area contributed by atoms with Crippen LogP contribution in [0.5, 0.6) is 0 Å². The van der Waals surface area contributed by atoms with Crippen LogP contribution >= 0.6 is 11.8 Å². The van der Waals surface area contributed by atoms with Crippen LogP contribution in [-0.4, -0.2) is 38.7 Å². The predicted molar refractivity (Wildman–Crippen MR) is 60.6 cm³/mol. The fourth-order valence-electron chi connectivity index (χ4n) is 0.988. The molecule has 0 aromatic carbocycles. The van der Waals surface area contributed by atoms with Crippen molar-refractivity contribution in [3.63, 3.8) is 0 Å². The summed E-state index contributed by atoms with van der Waals surface area (Å²) >= 11 is 1.67. The van der Waals surface area contributed by atoms with Gasteiger partial charge in [-0.25, -0.2) is 4.68 Å². The van der Waals surface area contributed by atoms with Crippen LogP contribution in [0.15, 0.2) is 6.33 Å². The van der Waals surface area contributed by atoms with Crippen molar-refractivity contribution >= 4 is 23.6 Å². The highest BCUT2D eigenvalue weighted by molar-refractivity contribution is 7.98. The summed E-state index contributed by atoms with van der Waals surface area (Å²) in [7, 11) is 1.70. The summed E-state index contributed by atoms with van der Waals surface area (Å²) in [6, 6.07) is -0.492. The normalized spacial score (nSPS) is 12.5. The first-order chi connectivity index (χ1) is 7.15. The fourth-order valence-corrected chi connectivity index (χ4v) is 1.48. The Morgan fingerprint density at radius 1 is 1.80 bits per heavy atom. The lowest BCUT2D eigenvalue weighted by Gasteiger charge is -2.10. The van der Waals surface area contributed by atoms with Gasteiger partial charge in [0.15, 0.2) is 0 Å². The molecule has 0 saturated carbocycles. The molecule has 0 aliphatic carbocycles.